The topological polar surface area (TPSA) is 12.5 Å². The SMILES string of the molecule is CCc1cccc(N2CCOC(C(C)C)C2)c1. The quantitative estimate of drug-likeness (QED) is 0.795. The zero-order valence-electron chi connectivity index (χ0n) is 11.1. The third-order valence-electron chi connectivity index (χ3n) is 3.52. The van der Waals surface area contributed by atoms with Crippen LogP contribution in [-0.2, 0) is 11.2 Å². The molecule has 1 aromatic rings. The van der Waals surface area contributed by atoms with E-state index in [9.17, 15) is 0 Å². The fourth-order valence-corrected chi connectivity index (χ4v) is 2.29. The Kier molecular flexibility index (Phi) is 4.06. The Balaban J connectivity index is 2.10. The second-order valence-electron chi connectivity index (χ2n) is 5.12. The van der Waals surface area contributed by atoms with Gasteiger partial charge in [-0.25, -0.2) is 0 Å². The van der Waals surface area contributed by atoms with Crippen LogP contribution >= 0.6 is 0 Å². The lowest BCUT2D eigenvalue weighted by Gasteiger charge is -2.36. The van der Waals surface area contributed by atoms with E-state index in [1.165, 1.54) is 11.3 Å². The number of anilines is 1. The van der Waals surface area contributed by atoms with Gasteiger partial charge in [0.1, 0.15) is 0 Å². The van der Waals surface area contributed by atoms with E-state index in [-0.39, 0.29) is 0 Å². The summed E-state index contributed by atoms with van der Waals surface area (Å²) in [5.74, 6) is 0.590. The molecule has 94 valence electrons. The molecule has 0 spiro atoms. The summed E-state index contributed by atoms with van der Waals surface area (Å²) in [4.78, 5) is 2.45. The number of nitrogens with zero attached hydrogens (tertiary/aromatic N) is 1. The number of hydrogen-bond acceptors (Lipinski definition) is 2. The molecule has 17 heavy (non-hydrogen) atoms. The molecule has 0 aromatic heterocycles. The Hall–Kier alpha value is -1.02. The fraction of sp³-hybridized carbons (Fsp3) is 0.600. The van der Waals surface area contributed by atoms with Gasteiger partial charge in [-0.05, 0) is 30.0 Å². The molecule has 0 aliphatic carbocycles. The fourth-order valence-electron chi connectivity index (χ4n) is 2.29. The van der Waals surface area contributed by atoms with Gasteiger partial charge in [-0.2, -0.15) is 0 Å². The number of ether oxygens (including phenoxy) is 1. The maximum absolute atomic E-state index is 5.81. The van der Waals surface area contributed by atoms with Gasteiger partial charge in [0.2, 0.25) is 0 Å². The Morgan fingerprint density at radius 2 is 2.24 bits per heavy atom. The maximum Gasteiger partial charge on any atom is 0.0773 e. The summed E-state index contributed by atoms with van der Waals surface area (Å²) in [6.07, 6.45) is 1.47. The van der Waals surface area contributed by atoms with Gasteiger partial charge in [0.15, 0.2) is 0 Å². The molecule has 1 unspecified atom stereocenters. The first-order chi connectivity index (χ1) is 8.20. The highest BCUT2D eigenvalue weighted by Crippen LogP contribution is 2.21. The molecule has 0 N–H and O–H groups in total. The van der Waals surface area contributed by atoms with Crippen LogP contribution in [-0.4, -0.2) is 25.8 Å². The van der Waals surface area contributed by atoms with Crippen LogP contribution in [0.25, 0.3) is 0 Å². The van der Waals surface area contributed by atoms with Gasteiger partial charge in [-0.3, -0.25) is 0 Å². The van der Waals surface area contributed by atoms with Crippen LogP contribution in [0.15, 0.2) is 24.3 Å². The van der Waals surface area contributed by atoms with E-state index in [1.54, 1.807) is 0 Å². The van der Waals surface area contributed by atoms with Gasteiger partial charge >= 0.3 is 0 Å². The van der Waals surface area contributed by atoms with Crippen molar-refractivity contribution in [2.24, 2.45) is 5.92 Å². The molecule has 1 heterocycles. The number of morpholine rings is 1. The third-order valence-corrected chi connectivity index (χ3v) is 3.52. The molecule has 1 saturated heterocycles. The molecule has 2 heteroatoms. The molecule has 1 atom stereocenters. The third kappa shape index (κ3) is 3.01. The summed E-state index contributed by atoms with van der Waals surface area (Å²) < 4.78 is 5.81. The van der Waals surface area contributed by atoms with Gasteiger partial charge in [-0.1, -0.05) is 32.9 Å². The second-order valence-corrected chi connectivity index (χ2v) is 5.12. The molecule has 1 aromatic carbocycles. The number of aryl methyl sites for hydroxylation is 1. The zero-order chi connectivity index (χ0) is 12.3. The largest absolute Gasteiger partial charge is 0.374 e. The molecule has 0 radical (unpaired) electrons. The molecule has 1 aliphatic heterocycles. The number of benzene rings is 1. The molecule has 2 rings (SSSR count). The van der Waals surface area contributed by atoms with Crippen LogP contribution < -0.4 is 4.90 Å². The summed E-state index contributed by atoms with van der Waals surface area (Å²) in [5, 5.41) is 0. The molecular formula is C15H23NO. The van der Waals surface area contributed by atoms with Crippen LogP contribution in [0.5, 0.6) is 0 Å². The highest BCUT2D eigenvalue weighted by molar-refractivity contribution is 5.49. The van der Waals surface area contributed by atoms with Crippen molar-refractivity contribution in [3.05, 3.63) is 29.8 Å². The normalized spacial score (nSPS) is 20.9. The van der Waals surface area contributed by atoms with Crippen LogP contribution in [0.4, 0.5) is 5.69 Å². The van der Waals surface area contributed by atoms with Gasteiger partial charge in [0, 0.05) is 18.8 Å². The average molecular weight is 233 g/mol. The Morgan fingerprint density at radius 1 is 1.41 bits per heavy atom. The van der Waals surface area contributed by atoms with Gasteiger partial charge in [0.25, 0.3) is 0 Å². The summed E-state index contributed by atoms with van der Waals surface area (Å²) in [7, 11) is 0. The summed E-state index contributed by atoms with van der Waals surface area (Å²) >= 11 is 0. The van der Waals surface area contributed by atoms with Gasteiger partial charge < -0.3 is 9.64 Å². The second kappa shape index (κ2) is 5.54. The Bertz CT molecular complexity index is 362. The minimum absolute atomic E-state index is 0.369. The first-order valence-electron chi connectivity index (χ1n) is 6.66. The van der Waals surface area contributed by atoms with E-state index < -0.39 is 0 Å². The van der Waals surface area contributed by atoms with Crippen molar-refractivity contribution in [3.63, 3.8) is 0 Å². The van der Waals surface area contributed by atoms with E-state index in [0.717, 1.165) is 26.1 Å². The first-order valence-corrected chi connectivity index (χ1v) is 6.66. The minimum Gasteiger partial charge on any atom is -0.374 e. The molecule has 0 bridgehead atoms. The monoisotopic (exact) mass is 233 g/mol. The molecular weight excluding hydrogens is 210 g/mol. The van der Waals surface area contributed by atoms with E-state index in [4.69, 9.17) is 4.74 Å². The van der Waals surface area contributed by atoms with E-state index in [0.29, 0.717) is 12.0 Å². The first kappa shape index (κ1) is 12.4. The predicted molar refractivity (Wildman–Crippen MR) is 72.6 cm³/mol. The lowest BCUT2D eigenvalue weighted by Crippen LogP contribution is -2.44. The van der Waals surface area contributed by atoms with Crippen LogP contribution in [0.3, 0.4) is 0 Å². The smallest absolute Gasteiger partial charge is 0.0773 e. The summed E-state index contributed by atoms with van der Waals surface area (Å²) in [6, 6.07) is 8.88. The molecule has 1 fully saturated rings. The Labute approximate surface area is 105 Å². The molecule has 0 saturated carbocycles. The van der Waals surface area contributed by atoms with Crippen molar-refractivity contribution in [1.82, 2.24) is 0 Å². The highest BCUT2D eigenvalue weighted by atomic mass is 16.5. The number of rotatable bonds is 3. The summed E-state index contributed by atoms with van der Waals surface area (Å²) in [5.41, 5.74) is 2.76. The van der Waals surface area contributed by atoms with Crippen LogP contribution in [0, 0.1) is 5.92 Å². The molecule has 0 amide bonds. The van der Waals surface area contributed by atoms with E-state index in [2.05, 4.69) is 49.9 Å². The van der Waals surface area contributed by atoms with Crippen molar-refractivity contribution in [2.75, 3.05) is 24.6 Å². The predicted octanol–water partition coefficient (Wildman–Crippen LogP) is 3.11. The molecule has 2 nitrogen and oxygen atoms in total. The average Bonchev–Trinajstić information content (AvgIpc) is 2.39. The van der Waals surface area contributed by atoms with Crippen molar-refractivity contribution >= 4 is 5.69 Å². The van der Waals surface area contributed by atoms with Gasteiger partial charge in [-0.15, -0.1) is 0 Å². The van der Waals surface area contributed by atoms with Crippen LogP contribution in [0.2, 0.25) is 0 Å². The van der Waals surface area contributed by atoms with E-state index >= 15 is 0 Å². The van der Waals surface area contributed by atoms with E-state index in [1.807, 2.05) is 0 Å². The lowest BCUT2D eigenvalue weighted by atomic mass is 10.0. The summed E-state index contributed by atoms with van der Waals surface area (Å²) in [6.45, 7) is 9.54. The molecule has 1 aliphatic rings. The number of hydrogen-bond donors (Lipinski definition) is 0. The highest BCUT2D eigenvalue weighted by Gasteiger charge is 2.23. The van der Waals surface area contributed by atoms with Crippen molar-refractivity contribution < 1.29 is 4.74 Å². The standard InChI is InChI=1S/C15H23NO/c1-4-13-6-5-7-14(10-13)16-8-9-17-15(11-16)12(2)3/h5-7,10,12,15H,4,8-9,11H2,1-3H3. The van der Waals surface area contributed by atoms with Gasteiger partial charge in [0.05, 0.1) is 12.7 Å². The lowest BCUT2D eigenvalue weighted by molar-refractivity contribution is 0.0114. The minimum atomic E-state index is 0.369. The maximum atomic E-state index is 5.81. The van der Waals surface area contributed by atoms with Crippen molar-refractivity contribution in [1.29, 1.82) is 0 Å². The van der Waals surface area contributed by atoms with Crippen LogP contribution in [0.1, 0.15) is 26.3 Å². The van der Waals surface area contributed by atoms with Crippen molar-refractivity contribution in [3.8, 4) is 0 Å². The Morgan fingerprint density at radius 3 is 2.94 bits per heavy atom. The van der Waals surface area contributed by atoms with Crippen molar-refractivity contribution in [2.45, 2.75) is 33.3 Å². The zero-order valence-corrected chi connectivity index (χ0v) is 11.1.